The summed E-state index contributed by atoms with van der Waals surface area (Å²) in [5, 5.41) is 1.19. The summed E-state index contributed by atoms with van der Waals surface area (Å²) in [4.78, 5) is 11.9. The fourth-order valence-corrected chi connectivity index (χ4v) is 3.26. The molecule has 3 heteroatoms. The standard InChI is InChI=1S/C13H13BrOS/c1-8(2)5-11(15)9-3-4-10-7-13(14)16-12(10)6-9/h3-4,6-8H,5H2,1-2H3. The van der Waals surface area contributed by atoms with E-state index >= 15 is 0 Å². The molecule has 0 spiro atoms. The SMILES string of the molecule is CC(C)CC(=O)c1ccc2cc(Br)sc2c1. The number of carbonyl (C=O) groups excluding carboxylic acids is 1. The lowest BCUT2D eigenvalue weighted by Gasteiger charge is -2.03. The number of fused-ring (bicyclic) bond motifs is 1. The lowest BCUT2D eigenvalue weighted by molar-refractivity contribution is 0.0968. The molecule has 0 fully saturated rings. The maximum Gasteiger partial charge on any atom is 0.163 e. The Labute approximate surface area is 108 Å². The first-order chi connectivity index (χ1) is 7.56. The minimum atomic E-state index is 0.237. The van der Waals surface area contributed by atoms with Gasteiger partial charge in [-0.3, -0.25) is 4.79 Å². The molecule has 0 bridgehead atoms. The first-order valence-electron chi connectivity index (χ1n) is 5.28. The van der Waals surface area contributed by atoms with Crippen LogP contribution < -0.4 is 0 Å². The molecule has 0 saturated carbocycles. The number of benzene rings is 1. The van der Waals surface area contributed by atoms with Crippen molar-refractivity contribution in [2.24, 2.45) is 5.92 Å². The number of hydrogen-bond acceptors (Lipinski definition) is 2. The summed E-state index contributed by atoms with van der Waals surface area (Å²) in [7, 11) is 0. The number of carbonyl (C=O) groups is 1. The van der Waals surface area contributed by atoms with Crippen molar-refractivity contribution >= 4 is 43.1 Å². The lowest BCUT2D eigenvalue weighted by atomic mass is 10.0. The number of thiophene rings is 1. The van der Waals surface area contributed by atoms with E-state index in [1.165, 1.54) is 10.1 Å². The van der Waals surface area contributed by atoms with Gasteiger partial charge >= 0.3 is 0 Å². The van der Waals surface area contributed by atoms with E-state index in [9.17, 15) is 4.79 Å². The number of hydrogen-bond donors (Lipinski definition) is 0. The van der Waals surface area contributed by atoms with Crippen molar-refractivity contribution in [3.8, 4) is 0 Å². The highest BCUT2D eigenvalue weighted by Gasteiger charge is 2.09. The van der Waals surface area contributed by atoms with Crippen molar-refractivity contribution in [1.82, 2.24) is 0 Å². The van der Waals surface area contributed by atoms with Crippen LogP contribution in [0.2, 0.25) is 0 Å². The zero-order chi connectivity index (χ0) is 11.7. The Morgan fingerprint density at radius 3 is 2.81 bits per heavy atom. The largest absolute Gasteiger partial charge is 0.294 e. The molecule has 0 amide bonds. The van der Waals surface area contributed by atoms with Gasteiger partial charge in [-0.2, -0.15) is 0 Å². The molecular formula is C13H13BrOS. The van der Waals surface area contributed by atoms with Crippen molar-refractivity contribution in [2.75, 3.05) is 0 Å². The van der Waals surface area contributed by atoms with Crippen LogP contribution in [-0.2, 0) is 0 Å². The van der Waals surface area contributed by atoms with Crippen molar-refractivity contribution in [2.45, 2.75) is 20.3 Å². The first-order valence-corrected chi connectivity index (χ1v) is 6.89. The highest BCUT2D eigenvalue weighted by Crippen LogP contribution is 2.30. The average molecular weight is 297 g/mol. The molecule has 16 heavy (non-hydrogen) atoms. The second-order valence-electron chi connectivity index (χ2n) is 4.32. The quantitative estimate of drug-likeness (QED) is 0.737. The Bertz CT molecular complexity index is 528. The highest BCUT2D eigenvalue weighted by molar-refractivity contribution is 9.11. The first kappa shape index (κ1) is 11.8. The lowest BCUT2D eigenvalue weighted by Crippen LogP contribution is -2.02. The minimum absolute atomic E-state index is 0.237. The maximum atomic E-state index is 11.9. The van der Waals surface area contributed by atoms with Crippen LogP contribution in [0.5, 0.6) is 0 Å². The third-order valence-corrected chi connectivity index (χ3v) is 4.01. The van der Waals surface area contributed by atoms with Crippen molar-refractivity contribution in [3.63, 3.8) is 0 Å². The smallest absolute Gasteiger partial charge is 0.163 e. The molecule has 2 aromatic rings. The van der Waals surface area contributed by atoms with Gasteiger partial charge in [0.25, 0.3) is 0 Å². The molecule has 0 aliphatic carbocycles. The van der Waals surface area contributed by atoms with E-state index in [2.05, 4.69) is 35.8 Å². The van der Waals surface area contributed by atoms with Crippen LogP contribution >= 0.6 is 27.3 Å². The van der Waals surface area contributed by atoms with Gasteiger partial charge in [-0.05, 0) is 39.4 Å². The van der Waals surface area contributed by atoms with Gasteiger partial charge in [0.2, 0.25) is 0 Å². The Kier molecular flexibility index (Phi) is 3.45. The van der Waals surface area contributed by atoms with Gasteiger partial charge in [-0.25, -0.2) is 0 Å². The van der Waals surface area contributed by atoms with Crippen LogP contribution in [0.1, 0.15) is 30.6 Å². The zero-order valence-electron chi connectivity index (χ0n) is 9.29. The normalized spacial score (nSPS) is 11.2. The molecule has 1 nitrogen and oxygen atoms in total. The van der Waals surface area contributed by atoms with Gasteiger partial charge in [-0.15, -0.1) is 11.3 Å². The maximum absolute atomic E-state index is 11.9. The summed E-state index contributed by atoms with van der Waals surface area (Å²) in [5.74, 6) is 0.652. The molecular weight excluding hydrogens is 284 g/mol. The Hall–Kier alpha value is -0.670. The number of rotatable bonds is 3. The summed E-state index contributed by atoms with van der Waals surface area (Å²) in [6.45, 7) is 4.14. The molecule has 1 heterocycles. The second kappa shape index (κ2) is 4.68. The molecule has 0 aliphatic heterocycles. The van der Waals surface area contributed by atoms with E-state index < -0.39 is 0 Å². The number of ketones is 1. The monoisotopic (exact) mass is 296 g/mol. The van der Waals surface area contributed by atoms with E-state index in [1.54, 1.807) is 11.3 Å². The molecule has 0 saturated heterocycles. The predicted octanol–water partition coefficient (Wildman–Crippen LogP) is 4.89. The molecule has 0 N–H and O–H groups in total. The molecule has 2 rings (SSSR count). The topological polar surface area (TPSA) is 17.1 Å². The zero-order valence-corrected chi connectivity index (χ0v) is 11.7. The summed E-state index contributed by atoms with van der Waals surface area (Å²) in [6.07, 6.45) is 0.623. The fourth-order valence-electron chi connectivity index (χ4n) is 1.66. The van der Waals surface area contributed by atoms with Gasteiger partial charge in [0.15, 0.2) is 5.78 Å². The summed E-state index contributed by atoms with van der Waals surface area (Å²) < 4.78 is 2.28. The fraction of sp³-hybridized carbons (Fsp3) is 0.308. The average Bonchev–Trinajstić information content (AvgIpc) is 2.55. The van der Waals surface area contributed by atoms with Crippen molar-refractivity contribution < 1.29 is 4.79 Å². The molecule has 0 radical (unpaired) electrons. The Morgan fingerprint density at radius 1 is 1.38 bits per heavy atom. The second-order valence-corrected chi connectivity index (χ2v) is 6.79. The van der Waals surface area contributed by atoms with Gasteiger partial charge in [0.05, 0.1) is 3.79 Å². The van der Waals surface area contributed by atoms with Gasteiger partial charge in [0.1, 0.15) is 0 Å². The van der Waals surface area contributed by atoms with Crippen LogP contribution in [0, 0.1) is 5.92 Å². The minimum Gasteiger partial charge on any atom is -0.294 e. The van der Waals surface area contributed by atoms with Gasteiger partial charge in [0, 0.05) is 16.7 Å². The Balaban J connectivity index is 2.35. The highest BCUT2D eigenvalue weighted by atomic mass is 79.9. The number of halogens is 1. The molecule has 1 aromatic carbocycles. The van der Waals surface area contributed by atoms with Crippen LogP contribution in [0.4, 0.5) is 0 Å². The molecule has 1 aromatic heterocycles. The van der Waals surface area contributed by atoms with Crippen molar-refractivity contribution in [1.29, 1.82) is 0 Å². The van der Waals surface area contributed by atoms with Crippen LogP contribution in [0.15, 0.2) is 28.1 Å². The summed E-state index contributed by atoms with van der Waals surface area (Å²) in [6, 6.07) is 8.02. The van der Waals surface area contributed by atoms with E-state index in [1.807, 2.05) is 18.2 Å². The van der Waals surface area contributed by atoms with E-state index in [-0.39, 0.29) is 5.78 Å². The van der Waals surface area contributed by atoms with Gasteiger partial charge in [-0.1, -0.05) is 26.0 Å². The van der Waals surface area contributed by atoms with E-state index in [4.69, 9.17) is 0 Å². The Morgan fingerprint density at radius 2 is 2.12 bits per heavy atom. The van der Waals surface area contributed by atoms with Gasteiger partial charge < -0.3 is 0 Å². The van der Waals surface area contributed by atoms with Crippen molar-refractivity contribution in [3.05, 3.63) is 33.6 Å². The molecule has 0 atom stereocenters. The summed E-state index contributed by atoms with van der Waals surface area (Å²) in [5.41, 5.74) is 0.829. The summed E-state index contributed by atoms with van der Waals surface area (Å²) >= 11 is 5.13. The third-order valence-electron chi connectivity index (χ3n) is 2.41. The van der Waals surface area contributed by atoms with Crippen LogP contribution in [0.25, 0.3) is 10.1 Å². The van der Waals surface area contributed by atoms with E-state index in [0.717, 1.165) is 9.35 Å². The predicted molar refractivity (Wildman–Crippen MR) is 73.3 cm³/mol. The molecule has 0 unspecified atom stereocenters. The van der Waals surface area contributed by atoms with Crippen LogP contribution in [0.3, 0.4) is 0 Å². The third kappa shape index (κ3) is 2.53. The van der Waals surface area contributed by atoms with Crippen LogP contribution in [-0.4, -0.2) is 5.78 Å². The number of Topliss-reactive ketones (excluding diaryl/α,β-unsaturated/α-hetero) is 1. The van der Waals surface area contributed by atoms with E-state index in [0.29, 0.717) is 12.3 Å². The molecule has 0 aliphatic rings. The molecule has 84 valence electrons.